The molecule has 0 heterocycles. The van der Waals surface area contributed by atoms with Crippen molar-refractivity contribution in [3.63, 3.8) is 0 Å². The average molecular weight is 773 g/mol. The van der Waals surface area contributed by atoms with Crippen molar-refractivity contribution in [1.82, 2.24) is 0 Å². The Kier molecular flexibility index (Phi) is 42.4. The van der Waals surface area contributed by atoms with Gasteiger partial charge in [-0.15, -0.1) is 0 Å². The average Bonchev–Trinajstić information content (AvgIpc) is 3.18. The topological polar surface area (TPSA) is 78.9 Å². The van der Waals surface area contributed by atoms with Gasteiger partial charge < -0.3 is 14.2 Å². The van der Waals surface area contributed by atoms with Crippen LogP contribution in [0.2, 0.25) is 0 Å². The summed E-state index contributed by atoms with van der Waals surface area (Å²) in [5.74, 6) is -0.926. The number of unbranched alkanes of at least 4 members (excludes halogenated alkanes) is 26. The zero-order chi connectivity index (χ0) is 40.1. The first-order chi connectivity index (χ1) is 27.0. The van der Waals surface area contributed by atoms with E-state index >= 15 is 0 Å². The quantitative estimate of drug-likeness (QED) is 0.0202. The van der Waals surface area contributed by atoms with Crippen molar-refractivity contribution in [1.29, 1.82) is 0 Å². The third-order valence-corrected chi connectivity index (χ3v) is 10.1. The van der Waals surface area contributed by atoms with E-state index in [2.05, 4.69) is 57.2 Å². The molecule has 1 atom stereocenters. The highest BCUT2D eigenvalue weighted by atomic mass is 16.6. The first-order valence-electron chi connectivity index (χ1n) is 23.5. The van der Waals surface area contributed by atoms with Gasteiger partial charge in [0.25, 0.3) is 0 Å². The van der Waals surface area contributed by atoms with E-state index in [4.69, 9.17) is 14.2 Å². The van der Waals surface area contributed by atoms with Gasteiger partial charge in [0.15, 0.2) is 6.10 Å². The number of carbonyl (C=O) groups excluding carboxylic acids is 3. The minimum atomic E-state index is -0.783. The Morgan fingerprint density at radius 1 is 0.364 bits per heavy atom. The predicted octanol–water partition coefficient (Wildman–Crippen LogP) is 15.0. The first-order valence-corrected chi connectivity index (χ1v) is 23.5. The number of rotatable bonds is 42. The van der Waals surface area contributed by atoms with Gasteiger partial charge in [0, 0.05) is 19.3 Å². The second-order valence-electron chi connectivity index (χ2n) is 15.7. The molecule has 0 aromatic rings. The fraction of sp³-hybridized carbons (Fsp3) is 0.816. The van der Waals surface area contributed by atoms with Crippen molar-refractivity contribution in [2.75, 3.05) is 13.2 Å². The minimum Gasteiger partial charge on any atom is -0.462 e. The molecule has 0 N–H and O–H groups in total. The molecule has 0 rings (SSSR count). The lowest BCUT2D eigenvalue weighted by molar-refractivity contribution is -0.167. The number of hydrogen-bond acceptors (Lipinski definition) is 6. The van der Waals surface area contributed by atoms with E-state index in [0.29, 0.717) is 19.3 Å². The largest absolute Gasteiger partial charge is 0.462 e. The van der Waals surface area contributed by atoms with Crippen molar-refractivity contribution >= 4 is 17.9 Å². The molecule has 1 unspecified atom stereocenters. The van der Waals surface area contributed by atoms with Gasteiger partial charge in [-0.25, -0.2) is 0 Å². The molecule has 0 saturated carbocycles. The summed E-state index contributed by atoms with van der Waals surface area (Å²) >= 11 is 0. The van der Waals surface area contributed by atoms with E-state index in [1.54, 1.807) is 0 Å². The van der Waals surface area contributed by atoms with E-state index in [9.17, 15) is 14.4 Å². The van der Waals surface area contributed by atoms with Crippen LogP contribution in [0.1, 0.15) is 239 Å². The molecule has 0 spiro atoms. The summed E-state index contributed by atoms with van der Waals surface area (Å²) in [6.07, 6.45) is 49.8. The molecule has 0 aliphatic rings. The molecule has 0 radical (unpaired) electrons. The Balaban J connectivity index is 4.41. The van der Waals surface area contributed by atoms with Crippen LogP contribution in [-0.4, -0.2) is 37.2 Å². The molecule has 0 aliphatic carbocycles. The molecule has 0 aromatic heterocycles. The maximum atomic E-state index is 12.7. The molecule has 0 saturated heterocycles. The van der Waals surface area contributed by atoms with Gasteiger partial charge in [0.2, 0.25) is 0 Å². The van der Waals surface area contributed by atoms with Gasteiger partial charge in [-0.3, -0.25) is 14.4 Å². The number of hydrogen-bond donors (Lipinski definition) is 0. The third-order valence-electron chi connectivity index (χ3n) is 10.1. The maximum Gasteiger partial charge on any atom is 0.306 e. The van der Waals surface area contributed by atoms with Gasteiger partial charge >= 0.3 is 17.9 Å². The summed E-state index contributed by atoms with van der Waals surface area (Å²) in [6.45, 7) is 6.54. The van der Waals surface area contributed by atoms with Gasteiger partial charge in [-0.1, -0.05) is 192 Å². The molecule has 6 heteroatoms. The summed E-state index contributed by atoms with van der Waals surface area (Å²) in [7, 11) is 0. The molecule has 0 aromatic carbocycles. The van der Waals surface area contributed by atoms with Crippen molar-refractivity contribution < 1.29 is 28.6 Å². The first kappa shape index (κ1) is 52.6. The van der Waals surface area contributed by atoms with Crippen LogP contribution in [0.3, 0.4) is 0 Å². The van der Waals surface area contributed by atoms with Crippen LogP contribution >= 0.6 is 0 Å². The molecule has 0 amide bonds. The highest BCUT2D eigenvalue weighted by molar-refractivity contribution is 5.71. The van der Waals surface area contributed by atoms with Gasteiger partial charge in [-0.2, -0.15) is 0 Å². The Labute approximate surface area is 340 Å². The third kappa shape index (κ3) is 42.6. The number of allylic oxidation sites excluding steroid dienone is 6. The van der Waals surface area contributed by atoms with Crippen LogP contribution in [0, 0.1) is 0 Å². The van der Waals surface area contributed by atoms with Crippen molar-refractivity contribution in [3.8, 4) is 0 Å². The van der Waals surface area contributed by atoms with Gasteiger partial charge in [0.05, 0.1) is 0 Å². The lowest BCUT2D eigenvalue weighted by Gasteiger charge is -2.18. The minimum absolute atomic E-state index is 0.0864. The monoisotopic (exact) mass is 773 g/mol. The van der Waals surface area contributed by atoms with E-state index < -0.39 is 6.10 Å². The summed E-state index contributed by atoms with van der Waals surface area (Å²) < 4.78 is 16.7. The highest BCUT2D eigenvalue weighted by Crippen LogP contribution is 2.14. The second-order valence-corrected chi connectivity index (χ2v) is 15.7. The molecule has 6 nitrogen and oxygen atoms in total. The summed E-state index contributed by atoms with van der Waals surface area (Å²) in [4.78, 5) is 37.7. The maximum absolute atomic E-state index is 12.7. The molecule has 0 fully saturated rings. The fourth-order valence-electron chi connectivity index (χ4n) is 6.53. The van der Waals surface area contributed by atoms with Crippen LogP contribution in [0.4, 0.5) is 0 Å². The van der Waals surface area contributed by atoms with E-state index in [1.807, 2.05) is 0 Å². The molecular weight excluding hydrogens is 685 g/mol. The lowest BCUT2D eigenvalue weighted by atomic mass is 10.0. The Morgan fingerprint density at radius 3 is 1.09 bits per heavy atom. The lowest BCUT2D eigenvalue weighted by Crippen LogP contribution is -2.30. The number of carbonyl (C=O) groups is 3. The Hall–Kier alpha value is -2.37. The summed E-state index contributed by atoms with van der Waals surface area (Å²) in [5, 5.41) is 0. The molecule has 0 bridgehead atoms. The standard InChI is InChI=1S/C49H88O6/c1-4-7-10-13-16-19-22-24-25-28-30-33-36-39-42-48(51)54-45-46(44-53-47(50)41-38-35-32-29-26-21-18-15-12-9-6-3)55-49(52)43-40-37-34-31-27-23-20-17-14-11-8-5-2/h15,18,21,25-26,28,46H,4-14,16-17,19-20,22-24,27,29-45H2,1-3H3/b18-15-,26-21-,28-25-. The molecule has 0 aliphatic heterocycles. The molecule has 55 heavy (non-hydrogen) atoms. The Morgan fingerprint density at radius 2 is 0.673 bits per heavy atom. The van der Waals surface area contributed by atoms with E-state index in [-0.39, 0.29) is 31.1 Å². The SMILES string of the molecule is CCCC/C=C\C=C/CCCCCC(=O)OCC(COC(=O)CCCCC/C=C\CCCCCCCCC)OC(=O)CCCCCCCCCCCCCC. The number of ether oxygens (including phenoxy) is 3. The summed E-state index contributed by atoms with van der Waals surface area (Å²) in [6, 6.07) is 0. The van der Waals surface area contributed by atoms with Crippen LogP contribution in [0.25, 0.3) is 0 Å². The number of esters is 3. The van der Waals surface area contributed by atoms with Crippen LogP contribution in [0.5, 0.6) is 0 Å². The fourth-order valence-corrected chi connectivity index (χ4v) is 6.53. The molecular formula is C49H88O6. The smallest absolute Gasteiger partial charge is 0.306 e. The van der Waals surface area contributed by atoms with Crippen LogP contribution in [0.15, 0.2) is 36.5 Å². The van der Waals surface area contributed by atoms with Gasteiger partial charge in [0.1, 0.15) is 13.2 Å². The van der Waals surface area contributed by atoms with Crippen molar-refractivity contribution in [2.24, 2.45) is 0 Å². The van der Waals surface area contributed by atoms with Crippen LogP contribution in [-0.2, 0) is 28.6 Å². The zero-order valence-corrected chi connectivity index (χ0v) is 36.4. The van der Waals surface area contributed by atoms with Gasteiger partial charge in [-0.05, 0) is 64.2 Å². The predicted molar refractivity (Wildman–Crippen MR) is 233 cm³/mol. The summed E-state index contributed by atoms with van der Waals surface area (Å²) in [5.41, 5.74) is 0. The van der Waals surface area contributed by atoms with E-state index in [1.165, 1.54) is 116 Å². The van der Waals surface area contributed by atoms with Crippen molar-refractivity contribution in [3.05, 3.63) is 36.5 Å². The Bertz CT molecular complexity index is 938. The van der Waals surface area contributed by atoms with Crippen LogP contribution < -0.4 is 0 Å². The normalized spacial score (nSPS) is 12.3. The second kappa shape index (κ2) is 44.3. The van der Waals surface area contributed by atoms with Crippen molar-refractivity contribution in [2.45, 2.75) is 245 Å². The zero-order valence-electron chi connectivity index (χ0n) is 36.4. The molecule has 320 valence electrons. The van der Waals surface area contributed by atoms with E-state index in [0.717, 1.165) is 83.5 Å². The highest BCUT2D eigenvalue weighted by Gasteiger charge is 2.19.